The summed E-state index contributed by atoms with van der Waals surface area (Å²) in [6.07, 6.45) is 0. The van der Waals surface area contributed by atoms with Crippen molar-refractivity contribution in [2.75, 3.05) is 0 Å². The molecule has 0 unspecified atom stereocenters. The second-order valence-corrected chi connectivity index (χ2v) is 12.7. The van der Waals surface area contributed by atoms with Crippen molar-refractivity contribution < 1.29 is 0 Å². The zero-order chi connectivity index (χ0) is 33.0. The normalized spacial score (nSPS) is 11.6. The van der Waals surface area contributed by atoms with Crippen LogP contribution in [-0.2, 0) is 0 Å². The van der Waals surface area contributed by atoms with Crippen molar-refractivity contribution >= 4 is 43.6 Å². The monoisotopic (exact) mass is 638 g/mol. The molecule has 0 spiro atoms. The fourth-order valence-corrected chi connectivity index (χ4v) is 7.45. The standard InChI is InChI=1S/C46H30N4/c1-3-13-33(14-4-1)49-43-23-9-7-17-35(43)37-29-31(25-27-45(37)49)39-19-11-21-41(47-39)42-22-12-20-40(48-42)32-26-28-46-38(30-32)36-18-8-10-24-44(36)50(46)34-15-5-2-6-16-34/h1-30H. The highest BCUT2D eigenvalue weighted by Gasteiger charge is 2.16. The molecule has 4 heterocycles. The summed E-state index contributed by atoms with van der Waals surface area (Å²) in [5, 5.41) is 4.86. The van der Waals surface area contributed by atoms with E-state index in [1.165, 1.54) is 43.6 Å². The molecule has 0 N–H and O–H groups in total. The lowest BCUT2D eigenvalue weighted by Gasteiger charge is -2.09. The third-order valence-electron chi connectivity index (χ3n) is 9.73. The Bertz CT molecular complexity index is 2670. The quantitative estimate of drug-likeness (QED) is 0.188. The van der Waals surface area contributed by atoms with Crippen LogP contribution in [0.1, 0.15) is 0 Å². The zero-order valence-corrected chi connectivity index (χ0v) is 27.1. The maximum absolute atomic E-state index is 5.16. The van der Waals surface area contributed by atoms with Crippen molar-refractivity contribution in [1.29, 1.82) is 0 Å². The van der Waals surface area contributed by atoms with E-state index in [9.17, 15) is 0 Å². The van der Waals surface area contributed by atoms with Gasteiger partial charge in [0.2, 0.25) is 0 Å². The summed E-state index contributed by atoms with van der Waals surface area (Å²) < 4.78 is 4.68. The molecule has 0 aliphatic rings. The van der Waals surface area contributed by atoms with Gasteiger partial charge in [0.25, 0.3) is 0 Å². The lowest BCUT2D eigenvalue weighted by molar-refractivity contribution is 1.18. The Morgan fingerprint density at radius 3 is 1.12 bits per heavy atom. The van der Waals surface area contributed by atoms with Gasteiger partial charge in [0.1, 0.15) is 0 Å². The molecule has 0 amide bonds. The Balaban J connectivity index is 1.05. The number of para-hydroxylation sites is 4. The van der Waals surface area contributed by atoms with Crippen LogP contribution < -0.4 is 0 Å². The number of benzene rings is 6. The number of hydrogen-bond acceptors (Lipinski definition) is 2. The molecule has 6 aromatic carbocycles. The van der Waals surface area contributed by atoms with Gasteiger partial charge in [-0.05, 0) is 84.9 Å². The van der Waals surface area contributed by atoms with E-state index < -0.39 is 0 Å². The smallest absolute Gasteiger partial charge is 0.0893 e. The zero-order valence-electron chi connectivity index (χ0n) is 27.1. The summed E-state index contributed by atoms with van der Waals surface area (Å²) in [7, 11) is 0. The molecular formula is C46H30N4. The van der Waals surface area contributed by atoms with Crippen LogP contribution in [0.15, 0.2) is 182 Å². The van der Waals surface area contributed by atoms with Crippen LogP contribution in [-0.4, -0.2) is 19.1 Å². The molecular weight excluding hydrogens is 609 g/mol. The summed E-state index contributed by atoms with van der Waals surface area (Å²) in [5.41, 5.74) is 12.7. The third kappa shape index (κ3) is 4.54. The van der Waals surface area contributed by atoms with Crippen LogP contribution in [0.4, 0.5) is 0 Å². The third-order valence-corrected chi connectivity index (χ3v) is 9.73. The number of pyridine rings is 2. The Morgan fingerprint density at radius 1 is 0.280 bits per heavy atom. The Kier molecular flexibility index (Phi) is 6.46. The number of hydrogen-bond donors (Lipinski definition) is 0. The minimum atomic E-state index is 0.845. The van der Waals surface area contributed by atoms with E-state index >= 15 is 0 Å². The number of rotatable bonds is 5. The molecule has 4 aromatic heterocycles. The van der Waals surface area contributed by atoms with Gasteiger partial charge in [-0.3, -0.25) is 0 Å². The van der Waals surface area contributed by atoms with E-state index in [4.69, 9.17) is 9.97 Å². The van der Waals surface area contributed by atoms with E-state index in [1.54, 1.807) is 0 Å². The van der Waals surface area contributed by atoms with E-state index in [0.717, 1.165) is 45.3 Å². The van der Waals surface area contributed by atoms with Gasteiger partial charge >= 0.3 is 0 Å². The highest BCUT2D eigenvalue weighted by Crippen LogP contribution is 2.37. The average Bonchev–Trinajstić information content (AvgIpc) is 3.71. The highest BCUT2D eigenvalue weighted by molar-refractivity contribution is 6.11. The lowest BCUT2D eigenvalue weighted by Crippen LogP contribution is -1.94. The number of nitrogens with zero attached hydrogens (tertiary/aromatic N) is 4. The second kappa shape index (κ2) is 11.4. The first-order chi connectivity index (χ1) is 24.8. The van der Waals surface area contributed by atoms with Crippen LogP contribution in [0.25, 0.3) is 88.9 Å². The molecule has 50 heavy (non-hydrogen) atoms. The summed E-state index contributed by atoms with van der Waals surface area (Å²) in [5.74, 6) is 0. The second-order valence-electron chi connectivity index (χ2n) is 12.7. The first-order valence-electron chi connectivity index (χ1n) is 16.9. The van der Waals surface area contributed by atoms with Crippen LogP contribution in [0.2, 0.25) is 0 Å². The van der Waals surface area contributed by atoms with Crippen LogP contribution in [0, 0.1) is 0 Å². The Hall–Kier alpha value is -6.78. The molecule has 0 saturated carbocycles. The molecule has 4 nitrogen and oxygen atoms in total. The van der Waals surface area contributed by atoms with Crippen molar-refractivity contribution in [3.63, 3.8) is 0 Å². The van der Waals surface area contributed by atoms with Gasteiger partial charge in [0.05, 0.1) is 44.8 Å². The van der Waals surface area contributed by atoms with Gasteiger partial charge in [-0.2, -0.15) is 0 Å². The van der Waals surface area contributed by atoms with Crippen LogP contribution in [0.3, 0.4) is 0 Å². The van der Waals surface area contributed by atoms with Crippen molar-refractivity contribution in [3.05, 3.63) is 182 Å². The summed E-state index contributed by atoms with van der Waals surface area (Å²) in [6.45, 7) is 0. The van der Waals surface area contributed by atoms with E-state index in [2.05, 4.69) is 179 Å². The van der Waals surface area contributed by atoms with E-state index in [1.807, 2.05) is 12.1 Å². The van der Waals surface area contributed by atoms with Crippen molar-refractivity contribution in [1.82, 2.24) is 19.1 Å². The SMILES string of the molecule is c1ccc(-n2c3ccccc3c3cc(-c4cccc(-c5cccc(-c6ccc7c(c6)c6ccccc6n7-c6ccccc6)n5)n4)ccc32)cc1. The highest BCUT2D eigenvalue weighted by atomic mass is 15.0. The largest absolute Gasteiger partial charge is 0.309 e. The minimum Gasteiger partial charge on any atom is -0.309 e. The van der Waals surface area contributed by atoms with Gasteiger partial charge in [0, 0.05) is 44.0 Å². The minimum absolute atomic E-state index is 0.845. The summed E-state index contributed by atoms with van der Waals surface area (Å²) in [6, 6.07) is 64.1. The molecule has 0 bridgehead atoms. The van der Waals surface area contributed by atoms with E-state index in [0.29, 0.717) is 0 Å². The van der Waals surface area contributed by atoms with Crippen LogP contribution in [0.5, 0.6) is 0 Å². The van der Waals surface area contributed by atoms with Crippen molar-refractivity contribution in [2.24, 2.45) is 0 Å². The molecule has 234 valence electrons. The predicted molar refractivity (Wildman–Crippen MR) is 207 cm³/mol. The first-order valence-corrected chi connectivity index (χ1v) is 16.9. The van der Waals surface area contributed by atoms with Gasteiger partial charge in [-0.15, -0.1) is 0 Å². The predicted octanol–water partition coefficient (Wildman–Crippen LogP) is 11.7. The molecule has 0 aliphatic heterocycles. The molecule has 0 fully saturated rings. The van der Waals surface area contributed by atoms with Gasteiger partial charge in [-0.25, -0.2) is 9.97 Å². The summed E-state index contributed by atoms with van der Waals surface area (Å²) >= 11 is 0. The molecule has 4 heteroatoms. The Morgan fingerprint density at radius 2 is 0.660 bits per heavy atom. The molecule has 10 rings (SSSR count). The summed E-state index contributed by atoms with van der Waals surface area (Å²) in [4.78, 5) is 10.3. The van der Waals surface area contributed by atoms with Gasteiger partial charge in [-0.1, -0.05) is 97.1 Å². The number of fused-ring (bicyclic) bond motifs is 6. The number of aromatic nitrogens is 4. The fraction of sp³-hybridized carbons (Fsp3) is 0. The Labute approximate surface area is 289 Å². The first kappa shape index (κ1) is 28.3. The fourth-order valence-electron chi connectivity index (χ4n) is 7.45. The molecule has 0 aliphatic carbocycles. The maximum atomic E-state index is 5.16. The van der Waals surface area contributed by atoms with Crippen LogP contribution >= 0.6 is 0 Å². The van der Waals surface area contributed by atoms with E-state index in [-0.39, 0.29) is 0 Å². The van der Waals surface area contributed by atoms with Gasteiger partial charge < -0.3 is 9.13 Å². The topological polar surface area (TPSA) is 35.6 Å². The maximum Gasteiger partial charge on any atom is 0.0893 e. The van der Waals surface area contributed by atoms with Gasteiger partial charge in [0.15, 0.2) is 0 Å². The van der Waals surface area contributed by atoms with Crippen molar-refractivity contribution in [3.8, 4) is 45.3 Å². The molecule has 0 saturated heterocycles. The molecule has 0 radical (unpaired) electrons. The van der Waals surface area contributed by atoms with Crippen molar-refractivity contribution in [2.45, 2.75) is 0 Å². The lowest BCUT2D eigenvalue weighted by atomic mass is 10.1. The molecule has 10 aromatic rings. The average molecular weight is 639 g/mol. The molecule has 0 atom stereocenters.